The molecule has 0 saturated carbocycles. The highest BCUT2D eigenvalue weighted by Gasteiger charge is 2.38. The van der Waals surface area contributed by atoms with E-state index in [9.17, 15) is 9.59 Å². The van der Waals surface area contributed by atoms with Gasteiger partial charge in [0.2, 0.25) is 5.91 Å². The fraction of sp³-hybridized carbons (Fsp3) is 0.250. The summed E-state index contributed by atoms with van der Waals surface area (Å²) in [5.41, 5.74) is 1.81. The standard InChI is InChI=1S/C24H24N2O4/c1-29-21-10-7-16(13-22(21)30-2)11-12-26-23(27)15-20(24(26)28)25-19-9-8-17-5-3-4-6-18(17)14-19/h3-10,13-14,20,25H,11-12,15H2,1-2H3/t20-/m1/s1. The highest BCUT2D eigenvalue weighted by atomic mass is 16.5. The number of ether oxygens (including phenoxy) is 2. The molecule has 154 valence electrons. The minimum Gasteiger partial charge on any atom is -0.493 e. The lowest BCUT2D eigenvalue weighted by Crippen LogP contribution is -2.36. The Balaban J connectivity index is 1.42. The van der Waals surface area contributed by atoms with Gasteiger partial charge >= 0.3 is 0 Å². The Kier molecular flexibility index (Phi) is 5.57. The molecule has 4 rings (SSSR count). The van der Waals surface area contributed by atoms with Gasteiger partial charge < -0.3 is 14.8 Å². The van der Waals surface area contributed by atoms with Crippen LogP contribution in [0.3, 0.4) is 0 Å². The Bertz CT molecular complexity index is 1100. The van der Waals surface area contributed by atoms with Gasteiger partial charge in [0.15, 0.2) is 11.5 Å². The number of carbonyl (C=O) groups is 2. The zero-order valence-electron chi connectivity index (χ0n) is 17.1. The number of nitrogens with zero attached hydrogens (tertiary/aromatic N) is 1. The van der Waals surface area contributed by atoms with Crippen molar-refractivity contribution in [3.63, 3.8) is 0 Å². The number of imide groups is 1. The van der Waals surface area contributed by atoms with E-state index in [1.807, 2.05) is 60.7 Å². The maximum atomic E-state index is 12.8. The lowest BCUT2D eigenvalue weighted by molar-refractivity contribution is -0.138. The summed E-state index contributed by atoms with van der Waals surface area (Å²) in [6, 6.07) is 19.1. The van der Waals surface area contributed by atoms with Crippen LogP contribution in [0.1, 0.15) is 12.0 Å². The fourth-order valence-electron chi connectivity index (χ4n) is 3.79. The topological polar surface area (TPSA) is 67.9 Å². The van der Waals surface area contributed by atoms with E-state index in [2.05, 4.69) is 5.32 Å². The third-order valence-electron chi connectivity index (χ3n) is 5.41. The van der Waals surface area contributed by atoms with Gasteiger partial charge in [-0.1, -0.05) is 36.4 Å². The second-order valence-corrected chi connectivity index (χ2v) is 7.29. The molecule has 6 heteroatoms. The highest BCUT2D eigenvalue weighted by Crippen LogP contribution is 2.28. The summed E-state index contributed by atoms with van der Waals surface area (Å²) < 4.78 is 10.6. The first-order valence-electron chi connectivity index (χ1n) is 9.89. The van der Waals surface area contributed by atoms with E-state index in [0.29, 0.717) is 24.5 Å². The molecule has 0 aliphatic carbocycles. The molecule has 3 aromatic carbocycles. The normalized spacial score (nSPS) is 16.2. The van der Waals surface area contributed by atoms with Crippen molar-refractivity contribution in [1.29, 1.82) is 0 Å². The lowest BCUT2D eigenvalue weighted by Gasteiger charge is -2.17. The van der Waals surface area contributed by atoms with Crippen LogP contribution < -0.4 is 14.8 Å². The first-order valence-corrected chi connectivity index (χ1v) is 9.89. The number of likely N-dealkylation sites (tertiary alicyclic amines) is 1. The maximum Gasteiger partial charge on any atom is 0.252 e. The van der Waals surface area contributed by atoms with Crippen LogP contribution >= 0.6 is 0 Å². The molecule has 1 aliphatic heterocycles. The van der Waals surface area contributed by atoms with Crippen LogP contribution in [0.2, 0.25) is 0 Å². The molecule has 6 nitrogen and oxygen atoms in total. The summed E-state index contributed by atoms with van der Waals surface area (Å²) in [5.74, 6) is 0.937. The third-order valence-corrected chi connectivity index (χ3v) is 5.41. The van der Waals surface area contributed by atoms with Crippen LogP contribution in [0.5, 0.6) is 11.5 Å². The molecule has 30 heavy (non-hydrogen) atoms. The third kappa shape index (κ3) is 3.94. The van der Waals surface area contributed by atoms with Crippen molar-refractivity contribution >= 4 is 28.3 Å². The summed E-state index contributed by atoms with van der Waals surface area (Å²) in [6.45, 7) is 0.336. The van der Waals surface area contributed by atoms with Gasteiger partial charge in [-0.25, -0.2) is 0 Å². The molecule has 3 aromatic rings. The fourth-order valence-corrected chi connectivity index (χ4v) is 3.79. The molecular weight excluding hydrogens is 380 g/mol. The second kappa shape index (κ2) is 8.45. The number of amides is 2. The molecule has 1 atom stereocenters. The largest absolute Gasteiger partial charge is 0.493 e. The predicted octanol–water partition coefficient (Wildman–Crippen LogP) is 3.64. The van der Waals surface area contributed by atoms with Crippen LogP contribution in [-0.4, -0.2) is 43.5 Å². The molecule has 1 N–H and O–H groups in total. The smallest absolute Gasteiger partial charge is 0.252 e. The van der Waals surface area contributed by atoms with Crippen molar-refractivity contribution < 1.29 is 19.1 Å². The summed E-state index contributed by atoms with van der Waals surface area (Å²) in [6.07, 6.45) is 0.720. The molecule has 2 amide bonds. The van der Waals surface area contributed by atoms with Crippen molar-refractivity contribution in [1.82, 2.24) is 4.90 Å². The summed E-state index contributed by atoms with van der Waals surface area (Å²) >= 11 is 0. The van der Waals surface area contributed by atoms with Gasteiger partial charge in [0.1, 0.15) is 6.04 Å². The second-order valence-electron chi connectivity index (χ2n) is 7.29. The minimum atomic E-state index is -0.538. The van der Waals surface area contributed by atoms with E-state index in [0.717, 1.165) is 22.0 Å². The summed E-state index contributed by atoms with van der Waals surface area (Å²) in [5, 5.41) is 5.45. The molecule has 0 bridgehead atoms. The monoisotopic (exact) mass is 404 g/mol. The number of hydrogen-bond donors (Lipinski definition) is 1. The van der Waals surface area contributed by atoms with Crippen molar-refractivity contribution in [2.75, 3.05) is 26.1 Å². The number of rotatable bonds is 7. The van der Waals surface area contributed by atoms with Crippen molar-refractivity contribution in [2.24, 2.45) is 0 Å². The Hall–Kier alpha value is -3.54. The summed E-state index contributed by atoms with van der Waals surface area (Å²) in [4.78, 5) is 26.6. The Morgan fingerprint density at radius 1 is 0.933 bits per heavy atom. The molecular formula is C24H24N2O4. The molecule has 1 saturated heterocycles. The zero-order chi connectivity index (χ0) is 21.1. The first kappa shape index (κ1) is 19.8. The van der Waals surface area contributed by atoms with E-state index in [1.165, 1.54) is 4.90 Å². The minimum absolute atomic E-state index is 0.154. The van der Waals surface area contributed by atoms with Crippen molar-refractivity contribution in [2.45, 2.75) is 18.9 Å². The molecule has 0 unspecified atom stereocenters. The van der Waals surface area contributed by atoms with Crippen molar-refractivity contribution in [3.8, 4) is 11.5 Å². The number of carbonyl (C=O) groups excluding carboxylic acids is 2. The molecule has 0 aromatic heterocycles. The van der Waals surface area contributed by atoms with Gasteiger partial charge in [0.25, 0.3) is 5.91 Å². The maximum absolute atomic E-state index is 12.8. The Morgan fingerprint density at radius 3 is 2.47 bits per heavy atom. The average molecular weight is 404 g/mol. The van der Waals surface area contributed by atoms with E-state index >= 15 is 0 Å². The van der Waals surface area contributed by atoms with Gasteiger partial charge in [-0.05, 0) is 47.0 Å². The predicted molar refractivity (Wildman–Crippen MR) is 116 cm³/mol. The number of hydrogen-bond acceptors (Lipinski definition) is 5. The van der Waals surface area contributed by atoms with Gasteiger partial charge in [-0.3, -0.25) is 14.5 Å². The van der Waals surface area contributed by atoms with E-state index < -0.39 is 6.04 Å². The summed E-state index contributed by atoms with van der Waals surface area (Å²) in [7, 11) is 3.17. The average Bonchev–Trinajstić information content (AvgIpc) is 3.04. The van der Waals surface area contributed by atoms with Crippen LogP contribution in [0.25, 0.3) is 10.8 Å². The highest BCUT2D eigenvalue weighted by molar-refractivity contribution is 6.07. The van der Waals surface area contributed by atoms with Crippen molar-refractivity contribution in [3.05, 3.63) is 66.2 Å². The Morgan fingerprint density at radius 2 is 1.70 bits per heavy atom. The molecule has 1 aliphatic rings. The van der Waals surface area contributed by atoms with Crippen LogP contribution in [0.15, 0.2) is 60.7 Å². The number of fused-ring (bicyclic) bond motifs is 1. The zero-order valence-corrected chi connectivity index (χ0v) is 17.1. The quantitative estimate of drug-likeness (QED) is 0.609. The van der Waals surface area contributed by atoms with Gasteiger partial charge in [-0.2, -0.15) is 0 Å². The van der Waals surface area contributed by atoms with E-state index in [1.54, 1.807) is 14.2 Å². The molecule has 0 spiro atoms. The lowest BCUT2D eigenvalue weighted by atomic mass is 10.1. The SMILES string of the molecule is COc1ccc(CCN2C(=O)C[C@@H](Nc3ccc4ccccc4c3)C2=O)cc1OC. The van der Waals surface area contributed by atoms with Crippen LogP contribution in [0.4, 0.5) is 5.69 Å². The first-order chi connectivity index (χ1) is 14.6. The molecule has 0 radical (unpaired) electrons. The Labute approximate surface area is 175 Å². The number of benzene rings is 3. The number of nitrogens with one attached hydrogen (secondary N) is 1. The molecule has 1 fully saturated rings. The van der Waals surface area contributed by atoms with Gasteiger partial charge in [-0.15, -0.1) is 0 Å². The van der Waals surface area contributed by atoms with Gasteiger partial charge in [0, 0.05) is 12.2 Å². The van der Waals surface area contributed by atoms with Crippen LogP contribution in [-0.2, 0) is 16.0 Å². The van der Waals surface area contributed by atoms with E-state index in [-0.39, 0.29) is 18.2 Å². The van der Waals surface area contributed by atoms with Crippen LogP contribution in [0, 0.1) is 0 Å². The van der Waals surface area contributed by atoms with Gasteiger partial charge in [0.05, 0.1) is 20.6 Å². The number of methoxy groups -OCH3 is 2. The molecule has 1 heterocycles. The van der Waals surface area contributed by atoms with E-state index in [4.69, 9.17) is 9.47 Å². The number of anilines is 1.